The molecule has 5 heteroatoms. The number of pyridine rings is 1. The van der Waals surface area contributed by atoms with Crippen LogP contribution in [0.15, 0.2) is 66.5 Å². The highest BCUT2D eigenvalue weighted by Gasteiger charge is 2.03. The van der Waals surface area contributed by atoms with E-state index in [0.717, 1.165) is 5.56 Å². The van der Waals surface area contributed by atoms with E-state index in [4.69, 9.17) is 4.74 Å². The molecule has 1 aromatic heterocycles. The lowest BCUT2D eigenvalue weighted by Crippen LogP contribution is -2.17. The first-order valence-electron chi connectivity index (χ1n) is 6.37. The molecule has 0 atom stereocenters. The average molecular weight is 281 g/mol. The van der Waals surface area contributed by atoms with Gasteiger partial charge in [0, 0.05) is 18.0 Å². The van der Waals surface area contributed by atoms with Crippen molar-refractivity contribution in [1.82, 2.24) is 10.4 Å². The molecule has 106 valence electrons. The summed E-state index contributed by atoms with van der Waals surface area (Å²) in [6, 6.07) is 10.8. The summed E-state index contributed by atoms with van der Waals surface area (Å²) in [5.41, 5.74) is 3.66. The van der Waals surface area contributed by atoms with Gasteiger partial charge in [-0.3, -0.25) is 9.78 Å². The van der Waals surface area contributed by atoms with Gasteiger partial charge >= 0.3 is 0 Å². The van der Waals surface area contributed by atoms with Gasteiger partial charge in [-0.25, -0.2) is 5.43 Å². The number of benzene rings is 1. The van der Waals surface area contributed by atoms with Crippen LogP contribution < -0.4 is 10.2 Å². The van der Waals surface area contributed by atoms with Gasteiger partial charge in [0.15, 0.2) is 0 Å². The van der Waals surface area contributed by atoms with Crippen molar-refractivity contribution in [3.63, 3.8) is 0 Å². The third-order valence-electron chi connectivity index (χ3n) is 2.57. The van der Waals surface area contributed by atoms with Crippen molar-refractivity contribution >= 4 is 12.1 Å². The van der Waals surface area contributed by atoms with Crippen molar-refractivity contribution < 1.29 is 9.53 Å². The molecule has 1 amide bonds. The molecular weight excluding hydrogens is 266 g/mol. The van der Waals surface area contributed by atoms with E-state index in [1.54, 1.807) is 24.4 Å². The van der Waals surface area contributed by atoms with Crippen LogP contribution in [0.1, 0.15) is 15.9 Å². The van der Waals surface area contributed by atoms with Gasteiger partial charge in [0.1, 0.15) is 12.4 Å². The van der Waals surface area contributed by atoms with E-state index in [0.29, 0.717) is 17.9 Å². The van der Waals surface area contributed by atoms with Crippen LogP contribution in [0.5, 0.6) is 5.75 Å². The van der Waals surface area contributed by atoms with E-state index in [1.165, 1.54) is 12.4 Å². The van der Waals surface area contributed by atoms with E-state index in [2.05, 4.69) is 22.1 Å². The van der Waals surface area contributed by atoms with Gasteiger partial charge in [0.25, 0.3) is 5.91 Å². The molecule has 0 saturated heterocycles. The molecule has 0 saturated carbocycles. The van der Waals surface area contributed by atoms with Crippen molar-refractivity contribution in [3.8, 4) is 5.75 Å². The van der Waals surface area contributed by atoms with Gasteiger partial charge < -0.3 is 4.74 Å². The molecule has 0 aliphatic heterocycles. The Bertz CT molecular complexity index is 639. The quantitative estimate of drug-likeness (QED) is 0.502. The second-order valence-corrected chi connectivity index (χ2v) is 4.08. The Morgan fingerprint density at radius 3 is 2.95 bits per heavy atom. The second-order valence-electron chi connectivity index (χ2n) is 4.08. The fraction of sp³-hybridized carbons (Fsp3) is 0.0625. The van der Waals surface area contributed by atoms with Crippen LogP contribution in [0.2, 0.25) is 0 Å². The Morgan fingerprint density at radius 2 is 2.19 bits per heavy atom. The van der Waals surface area contributed by atoms with Crippen LogP contribution in [-0.2, 0) is 0 Å². The number of nitrogens with one attached hydrogen (secondary N) is 1. The van der Waals surface area contributed by atoms with E-state index in [1.807, 2.05) is 24.3 Å². The molecule has 2 rings (SSSR count). The Labute approximate surface area is 123 Å². The molecule has 1 N–H and O–H groups in total. The van der Waals surface area contributed by atoms with Crippen molar-refractivity contribution in [1.29, 1.82) is 0 Å². The molecule has 0 unspecified atom stereocenters. The average Bonchev–Trinajstić information content (AvgIpc) is 2.54. The molecule has 1 heterocycles. The standard InChI is InChI=1S/C16H15N3O2/c1-2-10-21-15-8-4-3-6-13(15)12-18-19-16(20)14-7-5-9-17-11-14/h2-9,11-12H,1,10H2,(H,19,20)/b18-12-. The molecule has 0 bridgehead atoms. The van der Waals surface area contributed by atoms with Gasteiger partial charge in [0.05, 0.1) is 11.8 Å². The molecule has 21 heavy (non-hydrogen) atoms. The second kappa shape index (κ2) is 7.59. The summed E-state index contributed by atoms with van der Waals surface area (Å²) in [7, 11) is 0. The number of rotatable bonds is 6. The third-order valence-corrected chi connectivity index (χ3v) is 2.57. The number of hydrazone groups is 1. The number of carbonyl (C=O) groups is 1. The van der Waals surface area contributed by atoms with E-state index >= 15 is 0 Å². The summed E-state index contributed by atoms with van der Waals surface area (Å²) in [6.07, 6.45) is 6.28. The zero-order valence-electron chi connectivity index (χ0n) is 11.4. The summed E-state index contributed by atoms with van der Waals surface area (Å²) in [5.74, 6) is 0.362. The van der Waals surface area contributed by atoms with Crippen LogP contribution in [0.25, 0.3) is 0 Å². The highest BCUT2D eigenvalue weighted by molar-refractivity contribution is 5.94. The molecule has 2 aromatic rings. The zero-order valence-corrected chi connectivity index (χ0v) is 11.4. The largest absolute Gasteiger partial charge is 0.489 e. The van der Waals surface area contributed by atoms with Crippen LogP contribution in [0.3, 0.4) is 0 Å². The molecule has 0 aliphatic carbocycles. The highest BCUT2D eigenvalue weighted by atomic mass is 16.5. The highest BCUT2D eigenvalue weighted by Crippen LogP contribution is 2.15. The Kier molecular flexibility index (Phi) is 5.23. The minimum absolute atomic E-state index is 0.316. The summed E-state index contributed by atoms with van der Waals surface area (Å²) >= 11 is 0. The lowest BCUT2D eigenvalue weighted by atomic mass is 10.2. The fourth-order valence-corrected chi connectivity index (χ4v) is 1.59. The number of amides is 1. The maximum Gasteiger partial charge on any atom is 0.272 e. The van der Waals surface area contributed by atoms with Gasteiger partial charge in [-0.1, -0.05) is 24.8 Å². The topological polar surface area (TPSA) is 63.6 Å². The number of aromatic nitrogens is 1. The predicted octanol–water partition coefficient (Wildman–Crippen LogP) is 2.41. The van der Waals surface area contributed by atoms with Gasteiger partial charge in [-0.15, -0.1) is 0 Å². The number of carbonyl (C=O) groups excluding carboxylic acids is 1. The maximum absolute atomic E-state index is 11.8. The minimum atomic E-state index is -0.316. The molecule has 0 radical (unpaired) electrons. The van der Waals surface area contributed by atoms with Gasteiger partial charge in [-0.05, 0) is 24.3 Å². The zero-order chi connectivity index (χ0) is 14.9. The molecule has 1 aromatic carbocycles. The van der Waals surface area contributed by atoms with Crippen LogP contribution >= 0.6 is 0 Å². The number of ether oxygens (including phenoxy) is 1. The number of para-hydroxylation sites is 1. The fourth-order valence-electron chi connectivity index (χ4n) is 1.59. The maximum atomic E-state index is 11.8. The summed E-state index contributed by atoms with van der Waals surface area (Å²) in [6.45, 7) is 4.01. The predicted molar refractivity (Wildman–Crippen MR) is 81.4 cm³/mol. The monoisotopic (exact) mass is 281 g/mol. The summed E-state index contributed by atoms with van der Waals surface area (Å²) in [5, 5.41) is 3.93. The van der Waals surface area contributed by atoms with E-state index < -0.39 is 0 Å². The number of nitrogens with zero attached hydrogens (tertiary/aromatic N) is 2. The third kappa shape index (κ3) is 4.28. The minimum Gasteiger partial charge on any atom is -0.489 e. The first-order chi connectivity index (χ1) is 10.3. The lowest BCUT2D eigenvalue weighted by molar-refractivity contribution is 0.0955. The van der Waals surface area contributed by atoms with Crippen LogP contribution in [0, 0.1) is 0 Å². The van der Waals surface area contributed by atoms with Crippen LogP contribution in [0.4, 0.5) is 0 Å². The smallest absolute Gasteiger partial charge is 0.272 e. The van der Waals surface area contributed by atoms with Gasteiger partial charge in [0.2, 0.25) is 0 Å². The first kappa shape index (κ1) is 14.5. The Morgan fingerprint density at radius 1 is 1.33 bits per heavy atom. The van der Waals surface area contributed by atoms with Crippen molar-refractivity contribution in [3.05, 3.63) is 72.6 Å². The van der Waals surface area contributed by atoms with Crippen LogP contribution in [-0.4, -0.2) is 23.7 Å². The summed E-state index contributed by atoms with van der Waals surface area (Å²) in [4.78, 5) is 15.7. The molecule has 5 nitrogen and oxygen atoms in total. The number of hydrogen-bond donors (Lipinski definition) is 1. The molecule has 0 spiro atoms. The van der Waals surface area contributed by atoms with E-state index in [9.17, 15) is 4.79 Å². The van der Waals surface area contributed by atoms with Crippen molar-refractivity contribution in [2.75, 3.05) is 6.61 Å². The molecule has 0 aliphatic rings. The first-order valence-corrected chi connectivity index (χ1v) is 6.37. The number of hydrogen-bond acceptors (Lipinski definition) is 4. The SMILES string of the molecule is C=CCOc1ccccc1/C=N\NC(=O)c1cccnc1. The van der Waals surface area contributed by atoms with Crippen molar-refractivity contribution in [2.45, 2.75) is 0 Å². The van der Waals surface area contributed by atoms with E-state index in [-0.39, 0.29) is 5.91 Å². The summed E-state index contributed by atoms with van der Waals surface area (Å²) < 4.78 is 5.50. The Balaban J connectivity index is 2.01. The van der Waals surface area contributed by atoms with Crippen molar-refractivity contribution in [2.24, 2.45) is 5.10 Å². The molecule has 0 fully saturated rings. The Hall–Kier alpha value is -2.95. The van der Waals surface area contributed by atoms with Gasteiger partial charge in [-0.2, -0.15) is 5.10 Å². The lowest BCUT2D eigenvalue weighted by Gasteiger charge is -2.06. The normalized spacial score (nSPS) is 10.3. The molecular formula is C16H15N3O2.